The van der Waals surface area contributed by atoms with Crippen LogP contribution in [-0.2, 0) is 0 Å². The fraction of sp³-hybridized carbons (Fsp3) is 1.00. The molecular weight excluding hydrogens is 314 g/mol. The molecule has 0 amide bonds. The lowest BCUT2D eigenvalue weighted by Gasteiger charge is -2.29. The number of rotatable bonds is 8. The Balaban J connectivity index is 0.00000139. The Bertz CT molecular complexity index is 257. The van der Waals surface area contributed by atoms with Crippen LogP contribution in [0.25, 0.3) is 0 Å². The quantitative estimate of drug-likeness (QED) is 0.497. The third-order valence-electron chi connectivity index (χ3n) is 6.49. The topological polar surface area (TPSA) is 78.1 Å². The van der Waals surface area contributed by atoms with Crippen LogP contribution in [0.1, 0.15) is 77.0 Å². The molecule has 0 spiro atoms. The maximum absolute atomic E-state index is 6.37. The first-order chi connectivity index (χ1) is 11.7. The largest absolute Gasteiger partial charge is 0.330 e. The van der Waals surface area contributed by atoms with E-state index in [9.17, 15) is 0 Å². The first kappa shape index (κ1) is 22.3. The minimum Gasteiger partial charge on any atom is -0.330 e. The van der Waals surface area contributed by atoms with Crippen molar-refractivity contribution in [2.75, 3.05) is 19.3 Å². The zero-order chi connectivity index (χ0) is 17.8. The van der Waals surface area contributed by atoms with E-state index < -0.39 is 0 Å². The molecule has 144 valence electrons. The predicted molar refractivity (Wildman–Crippen MR) is 110 cm³/mol. The highest BCUT2D eigenvalue weighted by molar-refractivity contribution is 7.79. The average Bonchev–Trinajstić information content (AvgIpc) is 2.67. The summed E-state index contributed by atoms with van der Waals surface area (Å²) < 4.78 is 0. The van der Waals surface area contributed by atoms with Crippen molar-refractivity contribution in [3.8, 4) is 0 Å². The van der Waals surface area contributed by atoms with E-state index in [-0.39, 0.29) is 0 Å². The highest BCUT2D eigenvalue weighted by Crippen LogP contribution is 2.33. The van der Waals surface area contributed by atoms with Crippen molar-refractivity contribution in [3.05, 3.63) is 0 Å². The van der Waals surface area contributed by atoms with Gasteiger partial charge in [0.05, 0.1) is 0 Å². The monoisotopic (exact) mass is 357 g/mol. The summed E-state index contributed by atoms with van der Waals surface area (Å²) >= 11 is 3.53. The fourth-order valence-electron chi connectivity index (χ4n) is 4.56. The molecule has 4 heteroatoms. The Morgan fingerprint density at radius 3 is 1.25 bits per heavy atom. The van der Waals surface area contributed by atoms with Gasteiger partial charge >= 0.3 is 0 Å². The summed E-state index contributed by atoms with van der Waals surface area (Å²) in [6.07, 6.45) is 17.8. The molecule has 2 rings (SSSR count). The SMILES string of the molecule is CS.NCC1CCC(CCC(N)CCC2CCC(CN)CC2)CC1. The van der Waals surface area contributed by atoms with Gasteiger partial charge in [0, 0.05) is 6.04 Å². The summed E-state index contributed by atoms with van der Waals surface area (Å²) in [6, 6.07) is 0.430. The molecule has 3 nitrogen and oxygen atoms in total. The molecule has 2 aliphatic rings. The lowest BCUT2D eigenvalue weighted by molar-refractivity contribution is 0.246. The predicted octanol–water partition coefficient (Wildman–Crippen LogP) is 3.95. The highest BCUT2D eigenvalue weighted by atomic mass is 32.1. The van der Waals surface area contributed by atoms with Crippen LogP contribution in [0.3, 0.4) is 0 Å². The van der Waals surface area contributed by atoms with Gasteiger partial charge in [0.1, 0.15) is 0 Å². The Morgan fingerprint density at radius 1 is 0.667 bits per heavy atom. The van der Waals surface area contributed by atoms with E-state index in [1.54, 1.807) is 6.26 Å². The van der Waals surface area contributed by atoms with Crippen LogP contribution >= 0.6 is 12.6 Å². The second-order valence-corrected chi connectivity index (χ2v) is 8.16. The molecule has 24 heavy (non-hydrogen) atoms. The van der Waals surface area contributed by atoms with Crippen molar-refractivity contribution in [1.82, 2.24) is 0 Å². The van der Waals surface area contributed by atoms with E-state index in [0.29, 0.717) is 6.04 Å². The summed E-state index contributed by atoms with van der Waals surface area (Å²) in [6.45, 7) is 1.78. The Hall–Kier alpha value is 0.230. The van der Waals surface area contributed by atoms with Crippen LogP contribution in [0.15, 0.2) is 0 Å². The standard InChI is InChI=1S/C19H39N3.CH4S/c20-13-17-5-1-15(2-6-17)9-11-19(22)12-10-16-3-7-18(14-21)8-4-16;1-2/h15-19H,1-14,20-22H2;2H,1H3. The van der Waals surface area contributed by atoms with Gasteiger partial charge in [-0.2, -0.15) is 12.6 Å². The first-order valence-electron chi connectivity index (χ1n) is 10.3. The molecule has 0 bridgehead atoms. The van der Waals surface area contributed by atoms with Crippen LogP contribution < -0.4 is 17.2 Å². The van der Waals surface area contributed by atoms with Crippen molar-refractivity contribution in [2.45, 2.75) is 83.1 Å². The maximum Gasteiger partial charge on any atom is 0.00390 e. The molecule has 0 heterocycles. The van der Waals surface area contributed by atoms with Crippen LogP contribution in [0, 0.1) is 23.7 Å². The van der Waals surface area contributed by atoms with Gasteiger partial charge in [-0.15, -0.1) is 0 Å². The third-order valence-corrected chi connectivity index (χ3v) is 6.49. The van der Waals surface area contributed by atoms with Gasteiger partial charge in [0.15, 0.2) is 0 Å². The third kappa shape index (κ3) is 8.55. The number of hydrogen-bond acceptors (Lipinski definition) is 4. The lowest BCUT2D eigenvalue weighted by Crippen LogP contribution is -2.26. The maximum atomic E-state index is 6.37. The molecule has 6 N–H and O–H groups in total. The van der Waals surface area contributed by atoms with Crippen LogP contribution in [0.5, 0.6) is 0 Å². The Kier molecular flexibility index (Phi) is 12.5. The van der Waals surface area contributed by atoms with Crippen molar-refractivity contribution in [1.29, 1.82) is 0 Å². The van der Waals surface area contributed by atoms with Crippen molar-refractivity contribution >= 4 is 12.6 Å². The van der Waals surface area contributed by atoms with Crippen LogP contribution in [-0.4, -0.2) is 25.4 Å². The molecule has 0 aliphatic heterocycles. The Morgan fingerprint density at radius 2 is 0.958 bits per heavy atom. The number of nitrogens with two attached hydrogens (primary N) is 3. The van der Waals surface area contributed by atoms with Gasteiger partial charge in [-0.05, 0) is 94.4 Å². The first-order valence-corrected chi connectivity index (χ1v) is 11.2. The smallest absolute Gasteiger partial charge is 0.00390 e. The van der Waals surface area contributed by atoms with E-state index >= 15 is 0 Å². The molecule has 0 atom stereocenters. The lowest BCUT2D eigenvalue weighted by atomic mass is 9.78. The zero-order valence-corrected chi connectivity index (χ0v) is 16.9. The second-order valence-electron chi connectivity index (χ2n) is 8.16. The molecule has 0 aromatic carbocycles. The van der Waals surface area contributed by atoms with Gasteiger partial charge in [-0.25, -0.2) is 0 Å². The van der Waals surface area contributed by atoms with Crippen molar-refractivity contribution in [2.24, 2.45) is 40.9 Å². The molecule has 2 fully saturated rings. The van der Waals surface area contributed by atoms with Gasteiger partial charge < -0.3 is 17.2 Å². The minimum atomic E-state index is 0.430. The molecule has 0 saturated heterocycles. The summed E-state index contributed by atoms with van der Waals surface area (Å²) in [5.74, 6) is 3.45. The Labute approximate surface area is 156 Å². The molecule has 2 saturated carbocycles. The van der Waals surface area contributed by atoms with Crippen LogP contribution in [0.4, 0.5) is 0 Å². The van der Waals surface area contributed by atoms with E-state index in [0.717, 1.165) is 36.8 Å². The highest BCUT2D eigenvalue weighted by Gasteiger charge is 2.22. The minimum absolute atomic E-state index is 0.430. The number of thiol groups is 1. The van der Waals surface area contributed by atoms with Gasteiger partial charge in [-0.1, -0.05) is 25.7 Å². The van der Waals surface area contributed by atoms with Gasteiger partial charge in [-0.3, -0.25) is 0 Å². The second kappa shape index (κ2) is 13.4. The van der Waals surface area contributed by atoms with Crippen molar-refractivity contribution in [3.63, 3.8) is 0 Å². The summed E-state index contributed by atoms with van der Waals surface area (Å²) in [7, 11) is 0. The van der Waals surface area contributed by atoms with E-state index in [4.69, 9.17) is 17.2 Å². The summed E-state index contributed by atoms with van der Waals surface area (Å²) in [5, 5.41) is 0. The van der Waals surface area contributed by atoms with Gasteiger partial charge in [0.25, 0.3) is 0 Å². The van der Waals surface area contributed by atoms with Crippen LogP contribution in [0.2, 0.25) is 0 Å². The molecular formula is C20H43N3S. The molecule has 2 aliphatic carbocycles. The fourth-order valence-corrected chi connectivity index (χ4v) is 4.56. The van der Waals surface area contributed by atoms with E-state index in [1.165, 1.54) is 77.0 Å². The summed E-state index contributed by atoms with van der Waals surface area (Å²) in [5.41, 5.74) is 17.9. The molecule has 0 unspecified atom stereocenters. The zero-order valence-electron chi connectivity index (χ0n) is 16.0. The van der Waals surface area contributed by atoms with Crippen molar-refractivity contribution < 1.29 is 0 Å². The van der Waals surface area contributed by atoms with E-state index in [2.05, 4.69) is 12.6 Å². The molecule has 0 radical (unpaired) electrons. The molecule has 0 aromatic rings. The average molecular weight is 358 g/mol. The van der Waals surface area contributed by atoms with Gasteiger partial charge in [0.2, 0.25) is 0 Å². The molecule has 0 aromatic heterocycles. The van der Waals surface area contributed by atoms with E-state index in [1.807, 2.05) is 0 Å². The normalized spacial score (nSPS) is 31.9. The summed E-state index contributed by atoms with van der Waals surface area (Å²) in [4.78, 5) is 0. The number of hydrogen-bond donors (Lipinski definition) is 4.